The number of rotatable bonds is 6. The Morgan fingerprint density at radius 3 is 2.74 bits per heavy atom. The van der Waals surface area contributed by atoms with Crippen molar-refractivity contribution in [2.45, 2.75) is 38.7 Å². The molecular formula is C15H19Cl2FO. The molecule has 0 N–H and O–H groups in total. The van der Waals surface area contributed by atoms with E-state index in [9.17, 15) is 4.39 Å². The Labute approximate surface area is 124 Å². The van der Waals surface area contributed by atoms with Crippen molar-refractivity contribution in [1.29, 1.82) is 0 Å². The van der Waals surface area contributed by atoms with E-state index in [-0.39, 0.29) is 17.3 Å². The molecule has 0 amide bonds. The first-order valence-electron chi connectivity index (χ1n) is 6.69. The van der Waals surface area contributed by atoms with Crippen LogP contribution in [0.1, 0.15) is 31.7 Å². The molecule has 106 valence electrons. The van der Waals surface area contributed by atoms with Crippen LogP contribution < -0.4 is 4.74 Å². The molecule has 0 saturated carbocycles. The minimum atomic E-state index is -0.211. The van der Waals surface area contributed by atoms with E-state index in [0.29, 0.717) is 11.8 Å². The van der Waals surface area contributed by atoms with Gasteiger partial charge in [0.1, 0.15) is 17.7 Å². The zero-order valence-electron chi connectivity index (χ0n) is 11.1. The summed E-state index contributed by atoms with van der Waals surface area (Å²) < 4.78 is 19.1. The predicted molar refractivity (Wildman–Crippen MR) is 77.9 cm³/mol. The summed E-state index contributed by atoms with van der Waals surface area (Å²) in [4.78, 5) is 0. The van der Waals surface area contributed by atoms with Crippen LogP contribution in [0.4, 0.5) is 4.39 Å². The van der Waals surface area contributed by atoms with Crippen LogP contribution in [0, 0.1) is 11.2 Å². The van der Waals surface area contributed by atoms with Crippen molar-refractivity contribution in [3.05, 3.63) is 29.6 Å². The maximum absolute atomic E-state index is 13.2. The van der Waals surface area contributed by atoms with Gasteiger partial charge in [-0.3, -0.25) is 0 Å². The summed E-state index contributed by atoms with van der Waals surface area (Å²) in [6.45, 7) is 2.13. The Bertz CT molecular complexity index is 432. The maximum atomic E-state index is 13.2. The molecule has 0 aliphatic carbocycles. The monoisotopic (exact) mass is 304 g/mol. The lowest BCUT2D eigenvalue weighted by atomic mass is 9.81. The molecule has 0 bridgehead atoms. The second kappa shape index (κ2) is 6.32. The fraction of sp³-hybridized carbons (Fsp3) is 0.600. The van der Waals surface area contributed by atoms with Crippen LogP contribution >= 0.6 is 23.2 Å². The van der Waals surface area contributed by atoms with E-state index in [1.807, 2.05) is 0 Å². The van der Waals surface area contributed by atoms with Crippen molar-refractivity contribution < 1.29 is 9.13 Å². The lowest BCUT2D eigenvalue weighted by molar-refractivity contribution is 0.153. The van der Waals surface area contributed by atoms with Crippen molar-refractivity contribution >= 4 is 23.2 Å². The van der Waals surface area contributed by atoms with Gasteiger partial charge in [-0.2, -0.15) is 0 Å². The highest BCUT2D eigenvalue weighted by Crippen LogP contribution is 2.38. The summed E-state index contributed by atoms with van der Waals surface area (Å²) in [5, 5.41) is 0. The number of benzene rings is 1. The van der Waals surface area contributed by atoms with E-state index < -0.39 is 0 Å². The molecule has 0 saturated heterocycles. The molecule has 0 radical (unpaired) electrons. The van der Waals surface area contributed by atoms with Crippen LogP contribution in [0.25, 0.3) is 0 Å². The number of fused-ring (bicyclic) bond motifs is 1. The van der Waals surface area contributed by atoms with Crippen molar-refractivity contribution in [2.75, 3.05) is 11.8 Å². The Hall–Kier alpha value is -0.470. The molecular weight excluding hydrogens is 286 g/mol. The highest BCUT2D eigenvalue weighted by Gasteiger charge is 2.34. The van der Waals surface area contributed by atoms with E-state index in [1.54, 1.807) is 12.1 Å². The molecule has 0 fully saturated rings. The van der Waals surface area contributed by atoms with Gasteiger partial charge in [0.25, 0.3) is 0 Å². The quantitative estimate of drug-likeness (QED) is 0.687. The van der Waals surface area contributed by atoms with Gasteiger partial charge in [-0.15, -0.1) is 23.2 Å². The SMILES string of the molecule is CCCC(CCl)(CCl)CC1Cc2cc(F)ccc2O1. The smallest absolute Gasteiger partial charge is 0.123 e. The molecule has 1 nitrogen and oxygen atoms in total. The summed E-state index contributed by atoms with van der Waals surface area (Å²) in [6.07, 6.45) is 3.66. The molecule has 1 aromatic carbocycles. The zero-order valence-corrected chi connectivity index (χ0v) is 12.6. The number of alkyl halides is 2. The first kappa shape index (κ1) is 14.9. The van der Waals surface area contributed by atoms with E-state index in [1.165, 1.54) is 6.07 Å². The van der Waals surface area contributed by atoms with Crippen molar-refractivity contribution in [2.24, 2.45) is 5.41 Å². The van der Waals surface area contributed by atoms with Crippen molar-refractivity contribution in [3.63, 3.8) is 0 Å². The Balaban J connectivity index is 2.06. The Morgan fingerprint density at radius 1 is 1.37 bits per heavy atom. The normalized spacial score (nSPS) is 18.2. The average molecular weight is 305 g/mol. The molecule has 1 aromatic rings. The standard InChI is InChI=1S/C15H19Cl2FO/c1-2-5-15(9-16,10-17)8-13-7-11-6-12(18)3-4-14(11)19-13/h3-4,6,13H,2,5,7-10H2,1H3. The third kappa shape index (κ3) is 3.35. The summed E-state index contributed by atoms with van der Waals surface area (Å²) in [5.41, 5.74) is 0.864. The lowest BCUT2D eigenvalue weighted by Crippen LogP contribution is -2.32. The molecule has 1 heterocycles. The van der Waals surface area contributed by atoms with Gasteiger partial charge in [-0.05, 0) is 31.0 Å². The molecule has 1 aliphatic rings. The lowest BCUT2D eigenvalue weighted by Gasteiger charge is -2.31. The van der Waals surface area contributed by atoms with E-state index in [4.69, 9.17) is 27.9 Å². The van der Waals surface area contributed by atoms with E-state index >= 15 is 0 Å². The molecule has 0 spiro atoms. The molecule has 1 aliphatic heterocycles. The van der Waals surface area contributed by atoms with Gasteiger partial charge in [0.2, 0.25) is 0 Å². The van der Waals surface area contributed by atoms with Crippen LogP contribution in [0.3, 0.4) is 0 Å². The Kier molecular flexibility index (Phi) is 4.97. The highest BCUT2D eigenvalue weighted by atomic mass is 35.5. The summed E-state index contributed by atoms with van der Waals surface area (Å²) in [7, 11) is 0. The zero-order chi connectivity index (χ0) is 13.9. The molecule has 2 rings (SSSR count). The first-order chi connectivity index (χ1) is 9.12. The van der Waals surface area contributed by atoms with E-state index in [2.05, 4.69) is 6.92 Å². The summed E-state index contributed by atoms with van der Waals surface area (Å²) >= 11 is 12.2. The van der Waals surface area contributed by atoms with Crippen LogP contribution in [0.2, 0.25) is 0 Å². The third-order valence-corrected chi connectivity index (χ3v) is 4.91. The second-order valence-corrected chi connectivity index (χ2v) is 5.95. The van der Waals surface area contributed by atoms with Gasteiger partial charge in [0.05, 0.1) is 0 Å². The van der Waals surface area contributed by atoms with Crippen molar-refractivity contribution in [3.8, 4) is 5.75 Å². The van der Waals surface area contributed by atoms with Crippen LogP contribution in [0.5, 0.6) is 5.75 Å². The van der Waals surface area contributed by atoms with Crippen LogP contribution in [-0.4, -0.2) is 17.9 Å². The number of hydrogen-bond acceptors (Lipinski definition) is 1. The van der Waals surface area contributed by atoms with Crippen LogP contribution in [-0.2, 0) is 6.42 Å². The highest BCUT2D eigenvalue weighted by molar-refractivity contribution is 6.21. The second-order valence-electron chi connectivity index (χ2n) is 5.42. The topological polar surface area (TPSA) is 9.23 Å². The van der Waals surface area contributed by atoms with Gasteiger partial charge in [-0.25, -0.2) is 4.39 Å². The van der Waals surface area contributed by atoms with E-state index in [0.717, 1.165) is 37.0 Å². The first-order valence-corrected chi connectivity index (χ1v) is 7.76. The number of hydrogen-bond donors (Lipinski definition) is 0. The van der Waals surface area contributed by atoms with Gasteiger partial charge in [-0.1, -0.05) is 13.3 Å². The van der Waals surface area contributed by atoms with Gasteiger partial charge in [0, 0.05) is 29.2 Å². The minimum Gasteiger partial charge on any atom is -0.490 e. The van der Waals surface area contributed by atoms with Gasteiger partial charge in [0.15, 0.2) is 0 Å². The van der Waals surface area contributed by atoms with Crippen molar-refractivity contribution in [1.82, 2.24) is 0 Å². The Morgan fingerprint density at radius 2 is 2.11 bits per heavy atom. The molecule has 0 aromatic heterocycles. The summed E-state index contributed by atoms with van der Waals surface area (Å²) in [6, 6.07) is 4.69. The number of ether oxygens (including phenoxy) is 1. The largest absolute Gasteiger partial charge is 0.490 e. The maximum Gasteiger partial charge on any atom is 0.123 e. The molecule has 1 unspecified atom stereocenters. The molecule has 1 atom stereocenters. The molecule has 4 heteroatoms. The third-order valence-electron chi connectivity index (χ3n) is 3.77. The summed E-state index contributed by atoms with van der Waals surface area (Å²) in [5.74, 6) is 1.66. The average Bonchev–Trinajstić information content (AvgIpc) is 2.79. The minimum absolute atomic E-state index is 0.0563. The fourth-order valence-corrected chi connectivity index (χ4v) is 3.57. The predicted octanol–water partition coefficient (Wildman–Crippen LogP) is 4.78. The number of halogens is 3. The molecule has 19 heavy (non-hydrogen) atoms. The van der Waals surface area contributed by atoms with Crippen LogP contribution in [0.15, 0.2) is 18.2 Å². The van der Waals surface area contributed by atoms with Gasteiger partial charge >= 0.3 is 0 Å². The van der Waals surface area contributed by atoms with Gasteiger partial charge < -0.3 is 4.74 Å². The fourth-order valence-electron chi connectivity index (χ4n) is 2.80.